The Kier molecular flexibility index (Phi) is 2.04. The Morgan fingerprint density at radius 2 is 2.06 bits per heavy atom. The maximum absolute atomic E-state index is 12.1. The summed E-state index contributed by atoms with van der Waals surface area (Å²) in [5.74, 6) is 0.960. The molecule has 0 aliphatic carbocycles. The quantitative estimate of drug-likeness (QED) is 0.563. The number of amides is 1. The molecule has 5 heteroatoms. The van der Waals surface area contributed by atoms with Gasteiger partial charge in [-0.2, -0.15) is 0 Å². The summed E-state index contributed by atoms with van der Waals surface area (Å²) in [6.07, 6.45) is 1.08. The van der Waals surface area contributed by atoms with E-state index in [1.807, 2.05) is 14.1 Å². The van der Waals surface area contributed by atoms with Crippen molar-refractivity contribution in [1.29, 1.82) is 0 Å². The minimum Gasteiger partial charge on any atom is -0.314 e. The Bertz CT molecular complexity index is 412. The zero-order chi connectivity index (χ0) is 11.3. The molecule has 3 rings (SSSR count). The number of rotatable bonds is 0. The number of hydrogen-bond acceptors (Lipinski definition) is 4. The van der Waals surface area contributed by atoms with Crippen LogP contribution in [0, 0.1) is 0 Å². The smallest absolute Gasteiger partial charge is 0.259 e. The maximum atomic E-state index is 12.1. The number of aliphatic imine (C=N–C) groups is 1. The molecule has 0 bridgehead atoms. The molecule has 16 heavy (non-hydrogen) atoms. The number of carbonyl (C=O) groups excluding carboxylic acids is 1. The third kappa shape index (κ3) is 1.21. The lowest BCUT2D eigenvalue weighted by molar-refractivity contribution is -0.123. The molecule has 0 saturated carbocycles. The Morgan fingerprint density at radius 1 is 1.25 bits per heavy atom. The van der Waals surface area contributed by atoms with Crippen molar-refractivity contribution in [2.45, 2.75) is 6.42 Å². The fraction of sp³-hybridized carbons (Fsp3) is 0.636. The van der Waals surface area contributed by atoms with Crippen molar-refractivity contribution in [3.05, 3.63) is 11.3 Å². The molecular formula is C11H16N4O. The largest absolute Gasteiger partial charge is 0.314 e. The highest BCUT2D eigenvalue weighted by Crippen LogP contribution is 2.28. The van der Waals surface area contributed by atoms with Crippen LogP contribution in [0.5, 0.6) is 0 Å². The monoisotopic (exact) mass is 220 g/mol. The molecule has 0 radical (unpaired) electrons. The Balaban J connectivity index is 2.07. The molecule has 0 saturated heterocycles. The lowest BCUT2D eigenvalue weighted by atomic mass is 10.1. The van der Waals surface area contributed by atoms with Crippen LogP contribution in [-0.2, 0) is 4.79 Å². The Hall–Kier alpha value is -1.36. The van der Waals surface area contributed by atoms with E-state index in [9.17, 15) is 4.79 Å². The van der Waals surface area contributed by atoms with Crippen molar-refractivity contribution < 1.29 is 4.79 Å². The van der Waals surface area contributed by atoms with Gasteiger partial charge in [0.25, 0.3) is 5.91 Å². The van der Waals surface area contributed by atoms with Crippen LogP contribution in [0.4, 0.5) is 0 Å². The second kappa shape index (κ2) is 3.31. The van der Waals surface area contributed by atoms with Gasteiger partial charge in [0, 0.05) is 38.9 Å². The van der Waals surface area contributed by atoms with Crippen LogP contribution in [0.3, 0.4) is 0 Å². The molecule has 0 fully saturated rings. The van der Waals surface area contributed by atoms with E-state index in [1.54, 1.807) is 4.90 Å². The number of hydrogen-bond donors (Lipinski definition) is 0. The first kappa shape index (κ1) is 9.84. The molecule has 0 unspecified atom stereocenters. The van der Waals surface area contributed by atoms with Gasteiger partial charge in [-0.15, -0.1) is 0 Å². The molecule has 0 aromatic heterocycles. The standard InChI is InChI=1S/C11H16N4O/c1-13-6-8-9(7-13)15-5-3-4-12-11(15)14(2)10(8)16/h3-7H2,1-2H3. The van der Waals surface area contributed by atoms with Gasteiger partial charge >= 0.3 is 0 Å². The van der Waals surface area contributed by atoms with Crippen LogP contribution in [0.25, 0.3) is 0 Å². The second-order valence-electron chi connectivity index (χ2n) is 4.65. The van der Waals surface area contributed by atoms with Gasteiger partial charge in [0.15, 0.2) is 0 Å². The van der Waals surface area contributed by atoms with Crippen LogP contribution in [0.15, 0.2) is 16.3 Å². The minimum atomic E-state index is 0.122. The predicted molar refractivity (Wildman–Crippen MR) is 60.9 cm³/mol. The number of fused-ring (bicyclic) bond motifs is 2. The molecule has 3 aliphatic heterocycles. The van der Waals surface area contributed by atoms with Crippen LogP contribution >= 0.6 is 0 Å². The fourth-order valence-corrected chi connectivity index (χ4v) is 2.64. The van der Waals surface area contributed by atoms with Crippen molar-refractivity contribution in [3.63, 3.8) is 0 Å². The second-order valence-corrected chi connectivity index (χ2v) is 4.65. The number of likely N-dealkylation sites (N-methyl/N-ethyl adjacent to an activating group) is 2. The summed E-state index contributed by atoms with van der Waals surface area (Å²) in [7, 11) is 3.87. The van der Waals surface area contributed by atoms with Gasteiger partial charge in [0.2, 0.25) is 5.96 Å². The normalized spacial score (nSPS) is 25.9. The average molecular weight is 220 g/mol. The molecule has 0 aromatic rings. The first-order chi connectivity index (χ1) is 7.68. The van der Waals surface area contributed by atoms with E-state index in [0.717, 1.165) is 44.1 Å². The fourth-order valence-electron chi connectivity index (χ4n) is 2.64. The van der Waals surface area contributed by atoms with Gasteiger partial charge in [0.05, 0.1) is 5.57 Å². The zero-order valence-electron chi connectivity index (χ0n) is 9.73. The Morgan fingerprint density at radius 3 is 2.88 bits per heavy atom. The third-order valence-electron chi connectivity index (χ3n) is 3.42. The minimum absolute atomic E-state index is 0.122. The summed E-state index contributed by atoms with van der Waals surface area (Å²) in [6, 6.07) is 0. The number of nitrogens with zero attached hydrogens (tertiary/aromatic N) is 4. The van der Waals surface area contributed by atoms with E-state index in [0.29, 0.717) is 0 Å². The van der Waals surface area contributed by atoms with Crippen LogP contribution in [-0.4, -0.2) is 66.8 Å². The van der Waals surface area contributed by atoms with E-state index in [4.69, 9.17) is 0 Å². The van der Waals surface area contributed by atoms with Crippen LogP contribution in [0.2, 0.25) is 0 Å². The zero-order valence-corrected chi connectivity index (χ0v) is 9.73. The summed E-state index contributed by atoms with van der Waals surface area (Å²) in [5.41, 5.74) is 2.12. The van der Waals surface area contributed by atoms with Crippen molar-refractivity contribution in [1.82, 2.24) is 14.7 Å². The molecule has 86 valence electrons. The summed E-state index contributed by atoms with van der Waals surface area (Å²) < 4.78 is 0. The summed E-state index contributed by atoms with van der Waals surface area (Å²) in [4.78, 5) is 22.7. The van der Waals surface area contributed by atoms with E-state index in [-0.39, 0.29) is 5.91 Å². The van der Waals surface area contributed by atoms with Crippen LogP contribution in [0.1, 0.15) is 6.42 Å². The summed E-state index contributed by atoms with van der Waals surface area (Å²) in [6.45, 7) is 3.46. The van der Waals surface area contributed by atoms with E-state index >= 15 is 0 Å². The van der Waals surface area contributed by atoms with E-state index in [2.05, 4.69) is 14.8 Å². The topological polar surface area (TPSA) is 39.1 Å². The van der Waals surface area contributed by atoms with Gasteiger partial charge in [-0.3, -0.25) is 19.6 Å². The van der Waals surface area contributed by atoms with Crippen molar-refractivity contribution in [2.75, 3.05) is 40.3 Å². The highest BCUT2D eigenvalue weighted by atomic mass is 16.2. The highest BCUT2D eigenvalue weighted by Gasteiger charge is 2.39. The highest BCUT2D eigenvalue weighted by molar-refractivity contribution is 6.09. The van der Waals surface area contributed by atoms with Gasteiger partial charge < -0.3 is 4.90 Å². The molecule has 3 heterocycles. The molecule has 3 aliphatic rings. The SMILES string of the molecule is CN1CC2=C(C1)N1CCCN=C1N(C)C2=O. The lowest BCUT2D eigenvalue weighted by Crippen LogP contribution is -2.52. The van der Waals surface area contributed by atoms with Gasteiger partial charge in [-0.25, -0.2) is 0 Å². The lowest BCUT2D eigenvalue weighted by Gasteiger charge is -2.38. The Labute approximate surface area is 95.0 Å². The van der Waals surface area contributed by atoms with Gasteiger partial charge in [0.1, 0.15) is 0 Å². The molecule has 1 amide bonds. The third-order valence-corrected chi connectivity index (χ3v) is 3.42. The van der Waals surface area contributed by atoms with Gasteiger partial charge in [-0.1, -0.05) is 0 Å². The number of carbonyl (C=O) groups is 1. The summed E-state index contributed by atoms with van der Waals surface area (Å²) in [5, 5.41) is 0. The molecule has 0 N–H and O–H groups in total. The molecule has 5 nitrogen and oxygen atoms in total. The van der Waals surface area contributed by atoms with E-state index < -0.39 is 0 Å². The predicted octanol–water partition coefficient (Wildman–Crippen LogP) is -0.280. The van der Waals surface area contributed by atoms with Gasteiger partial charge in [-0.05, 0) is 13.5 Å². The average Bonchev–Trinajstić information content (AvgIpc) is 2.68. The first-order valence-electron chi connectivity index (χ1n) is 5.69. The molecule has 0 aromatic carbocycles. The molecule has 0 atom stereocenters. The molecular weight excluding hydrogens is 204 g/mol. The van der Waals surface area contributed by atoms with Crippen molar-refractivity contribution >= 4 is 11.9 Å². The van der Waals surface area contributed by atoms with Crippen LogP contribution < -0.4 is 0 Å². The number of guanidine groups is 1. The van der Waals surface area contributed by atoms with Crippen molar-refractivity contribution in [2.24, 2.45) is 4.99 Å². The molecule has 0 spiro atoms. The first-order valence-corrected chi connectivity index (χ1v) is 5.69. The van der Waals surface area contributed by atoms with E-state index in [1.165, 1.54) is 5.70 Å². The van der Waals surface area contributed by atoms with Crippen molar-refractivity contribution in [3.8, 4) is 0 Å². The summed E-state index contributed by atoms with van der Waals surface area (Å²) >= 11 is 0. The maximum Gasteiger partial charge on any atom is 0.259 e.